The summed E-state index contributed by atoms with van der Waals surface area (Å²) < 4.78 is 7.24. The van der Waals surface area contributed by atoms with Crippen molar-refractivity contribution in [2.75, 3.05) is 25.0 Å². The lowest BCUT2D eigenvalue weighted by atomic mass is 9.98. The Morgan fingerprint density at radius 2 is 2.04 bits per heavy atom. The second kappa shape index (κ2) is 9.50. The van der Waals surface area contributed by atoms with Gasteiger partial charge in [0.25, 0.3) is 0 Å². The van der Waals surface area contributed by atoms with Crippen molar-refractivity contribution in [2.45, 2.75) is 44.9 Å². The molecule has 1 amide bonds. The Morgan fingerprint density at radius 3 is 2.74 bits per heavy atom. The molecule has 0 spiro atoms. The molecular formula is C20H29N5O2. The number of aryl methyl sites for hydroxylation is 2. The zero-order chi connectivity index (χ0) is 19.1. The average Bonchev–Trinajstić information content (AvgIpc) is 3.06. The third-order valence-corrected chi connectivity index (χ3v) is 4.77. The lowest BCUT2D eigenvalue weighted by molar-refractivity contribution is -0.116. The highest BCUT2D eigenvalue weighted by molar-refractivity contribution is 5.89. The SMILES string of the molecule is CCCOc1ccc(CCC(=O)Nc2nc(C3CCNCC3)nn2C)cc1. The number of hydrogen-bond donors (Lipinski definition) is 2. The minimum atomic E-state index is -0.0475. The normalized spacial score (nSPS) is 14.9. The molecule has 27 heavy (non-hydrogen) atoms. The summed E-state index contributed by atoms with van der Waals surface area (Å²) in [6.45, 7) is 4.79. The third kappa shape index (κ3) is 5.53. The smallest absolute Gasteiger partial charge is 0.227 e. The molecule has 1 aromatic carbocycles. The molecule has 0 aliphatic carbocycles. The monoisotopic (exact) mass is 371 g/mol. The molecule has 0 unspecified atom stereocenters. The van der Waals surface area contributed by atoms with Gasteiger partial charge in [0.1, 0.15) is 5.75 Å². The molecule has 1 aliphatic heterocycles. The number of carbonyl (C=O) groups excluding carboxylic acids is 1. The molecule has 1 saturated heterocycles. The Kier molecular flexibility index (Phi) is 6.81. The first-order valence-electron chi connectivity index (χ1n) is 9.79. The first kappa shape index (κ1) is 19.4. The van der Waals surface area contributed by atoms with Crippen molar-refractivity contribution < 1.29 is 9.53 Å². The van der Waals surface area contributed by atoms with Gasteiger partial charge in [-0.05, 0) is 56.5 Å². The lowest BCUT2D eigenvalue weighted by Gasteiger charge is -2.19. The van der Waals surface area contributed by atoms with Gasteiger partial charge in [-0.25, -0.2) is 4.68 Å². The third-order valence-electron chi connectivity index (χ3n) is 4.77. The van der Waals surface area contributed by atoms with Crippen LogP contribution in [0, 0.1) is 0 Å². The summed E-state index contributed by atoms with van der Waals surface area (Å²) in [5.74, 6) is 2.55. The summed E-state index contributed by atoms with van der Waals surface area (Å²) in [6, 6.07) is 7.93. The summed E-state index contributed by atoms with van der Waals surface area (Å²) >= 11 is 0. The Labute approximate surface area is 160 Å². The predicted octanol–water partition coefficient (Wildman–Crippen LogP) is 2.64. The number of hydrogen-bond acceptors (Lipinski definition) is 5. The van der Waals surface area contributed by atoms with Crippen LogP contribution >= 0.6 is 0 Å². The summed E-state index contributed by atoms with van der Waals surface area (Å²) in [5.41, 5.74) is 1.11. The minimum Gasteiger partial charge on any atom is -0.494 e. The quantitative estimate of drug-likeness (QED) is 0.746. The van der Waals surface area contributed by atoms with E-state index in [4.69, 9.17) is 4.74 Å². The van der Waals surface area contributed by atoms with Crippen molar-refractivity contribution in [1.82, 2.24) is 20.1 Å². The van der Waals surface area contributed by atoms with Crippen molar-refractivity contribution in [3.63, 3.8) is 0 Å². The molecule has 146 valence electrons. The molecular weight excluding hydrogens is 342 g/mol. The molecule has 2 heterocycles. The molecule has 2 N–H and O–H groups in total. The van der Waals surface area contributed by atoms with Crippen molar-refractivity contribution in [3.05, 3.63) is 35.7 Å². The topological polar surface area (TPSA) is 81.1 Å². The number of aromatic nitrogens is 3. The van der Waals surface area contributed by atoms with Crippen LogP contribution in [0.4, 0.5) is 5.95 Å². The summed E-state index contributed by atoms with van der Waals surface area (Å²) in [5, 5.41) is 10.7. The van der Waals surface area contributed by atoms with Gasteiger partial charge in [0.2, 0.25) is 11.9 Å². The van der Waals surface area contributed by atoms with E-state index in [1.807, 2.05) is 31.3 Å². The Hall–Kier alpha value is -2.41. The fourth-order valence-electron chi connectivity index (χ4n) is 3.18. The van der Waals surface area contributed by atoms with Crippen LogP contribution in [0.25, 0.3) is 0 Å². The number of amides is 1. The molecule has 0 bridgehead atoms. The lowest BCUT2D eigenvalue weighted by Crippen LogP contribution is -2.27. The van der Waals surface area contributed by atoms with Crippen LogP contribution < -0.4 is 15.4 Å². The number of nitrogens with one attached hydrogen (secondary N) is 2. The van der Waals surface area contributed by atoms with Gasteiger partial charge < -0.3 is 10.1 Å². The largest absolute Gasteiger partial charge is 0.494 e. The first-order valence-corrected chi connectivity index (χ1v) is 9.79. The number of nitrogens with zero attached hydrogens (tertiary/aromatic N) is 3. The molecule has 3 rings (SSSR count). The van der Waals surface area contributed by atoms with E-state index in [0.717, 1.165) is 56.1 Å². The Balaban J connectivity index is 1.49. The maximum atomic E-state index is 12.3. The number of piperidine rings is 1. The van der Waals surface area contributed by atoms with Crippen molar-refractivity contribution in [3.8, 4) is 5.75 Å². The van der Waals surface area contributed by atoms with Crippen LogP contribution in [0.15, 0.2) is 24.3 Å². The van der Waals surface area contributed by atoms with Gasteiger partial charge in [0, 0.05) is 19.4 Å². The number of ether oxygens (including phenoxy) is 1. The average molecular weight is 371 g/mol. The minimum absolute atomic E-state index is 0.0475. The van der Waals surface area contributed by atoms with Crippen LogP contribution in [-0.4, -0.2) is 40.4 Å². The van der Waals surface area contributed by atoms with E-state index >= 15 is 0 Å². The second-order valence-corrected chi connectivity index (χ2v) is 6.98. The van der Waals surface area contributed by atoms with Crippen molar-refractivity contribution >= 4 is 11.9 Å². The Bertz CT molecular complexity index is 735. The van der Waals surface area contributed by atoms with Gasteiger partial charge in [-0.3, -0.25) is 10.1 Å². The number of benzene rings is 1. The predicted molar refractivity (Wildman–Crippen MR) is 105 cm³/mol. The number of anilines is 1. The molecule has 1 fully saturated rings. The first-order chi connectivity index (χ1) is 13.2. The highest BCUT2D eigenvalue weighted by atomic mass is 16.5. The van der Waals surface area contributed by atoms with Crippen molar-refractivity contribution in [1.29, 1.82) is 0 Å². The van der Waals surface area contributed by atoms with E-state index in [1.54, 1.807) is 4.68 Å². The highest BCUT2D eigenvalue weighted by Gasteiger charge is 2.21. The maximum absolute atomic E-state index is 12.3. The van der Waals surface area contributed by atoms with Gasteiger partial charge in [-0.1, -0.05) is 19.1 Å². The van der Waals surface area contributed by atoms with Gasteiger partial charge in [-0.2, -0.15) is 10.1 Å². The van der Waals surface area contributed by atoms with Crippen LogP contribution in [0.5, 0.6) is 5.75 Å². The van der Waals surface area contributed by atoms with Gasteiger partial charge in [-0.15, -0.1) is 0 Å². The van der Waals surface area contributed by atoms with Gasteiger partial charge >= 0.3 is 0 Å². The van der Waals surface area contributed by atoms with E-state index < -0.39 is 0 Å². The molecule has 1 aromatic heterocycles. The maximum Gasteiger partial charge on any atom is 0.227 e. The van der Waals surface area contributed by atoms with E-state index in [2.05, 4.69) is 27.6 Å². The van der Waals surface area contributed by atoms with Crippen LogP contribution in [0.1, 0.15) is 49.9 Å². The van der Waals surface area contributed by atoms with Crippen LogP contribution in [0.2, 0.25) is 0 Å². The molecule has 2 aromatic rings. The van der Waals surface area contributed by atoms with E-state index in [1.165, 1.54) is 0 Å². The molecule has 1 aliphatic rings. The molecule has 0 radical (unpaired) electrons. The van der Waals surface area contributed by atoms with Gasteiger partial charge in [0.05, 0.1) is 6.61 Å². The zero-order valence-electron chi connectivity index (χ0n) is 16.2. The van der Waals surface area contributed by atoms with Crippen molar-refractivity contribution in [2.24, 2.45) is 7.05 Å². The molecule has 0 atom stereocenters. The van der Waals surface area contributed by atoms with Crippen LogP contribution in [0.3, 0.4) is 0 Å². The van der Waals surface area contributed by atoms with E-state index in [-0.39, 0.29) is 5.91 Å². The number of carbonyl (C=O) groups is 1. The number of rotatable bonds is 8. The standard InChI is InChI=1S/C20H29N5O2/c1-3-14-27-17-7-4-15(5-8-17)6-9-18(26)22-20-23-19(24-25(20)2)16-10-12-21-13-11-16/h4-5,7-8,16,21H,3,6,9-14H2,1-2H3,(H,22,23,24,26). The fourth-order valence-corrected chi connectivity index (χ4v) is 3.18. The summed E-state index contributed by atoms with van der Waals surface area (Å²) in [6.07, 6.45) is 4.15. The van der Waals surface area contributed by atoms with Crippen LogP contribution in [-0.2, 0) is 18.3 Å². The Morgan fingerprint density at radius 1 is 1.30 bits per heavy atom. The van der Waals surface area contributed by atoms with E-state index in [9.17, 15) is 4.79 Å². The zero-order valence-corrected chi connectivity index (χ0v) is 16.2. The highest BCUT2D eigenvalue weighted by Crippen LogP contribution is 2.23. The van der Waals surface area contributed by atoms with Gasteiger partial charge in [0.15, 0.2) is 5.82 Å². The molecule has 0 saturated carbocycles. The summed E-state index contributed by atoms with van der Waals surface area (Å²) in [4.78, 5) is 16.8. The second-order valence-electron chi connectivity index (χ2n) is 6.98. The molecule has 7 nitrogen and oxygen atoms in total. The summed E-state index contributed by atoms with van der Waals surface area (Å²) in [7, 11) is 1.82. The fraction of sp³-hybridized carbons (Fsp3) is 0.550. The molecule has 7 heteroatoms. The van der Waals surface area contributed by atoms with E-state index in [0.29, 0.717) is 24.7 Å².